The number of carbonyl (C=O) groups excluding carboxylic acids is 7. The molecule has 1 aromatic heterocycles. The first-order chi connectivity index (χ1) is 25.6. The van der Waals surface area contributed by atoms with Gasteiger partial charge in [0.2, 0.25) is 41.4 Å². The number of H-pyrrole nitrogens is 1. The molecule has 2 aliphatic rings. The van der Waals surface area contributed by atoms with Crippen molar-refractivity contribution in [2.45, 2.75) is 108 Å². The van der Waals surface area contributed by atoms with E-state index in [1.165, 1.54) is 22.3 Å². The van der Waals surface area contributed by atoms with E-state index in [4.69, 9.17) is 11.5 Å². The number of nitrogens with zero attached hydrogens (tertiary/aromatic N) is 3. The molecule has 12 N–H and O–H groups in total. The van der Waals surface area contributed by atoms with Gasteiger partial charge in [0.25, 0.3) is 0 Å². The molecule has 300 valence electrons. The zero-order chi connectivity index (χ0) is 40.1. The Morgan fingerprint density at radius 1 is 0.852 bits per heavy atom. The molecule has 54 heavy (non-hydrogen) atoms. The van der Waals surface area contributed by atoms with Gasteiger partial charge < -0.3 is 62.8 Å². The molecule has 0 radical (unpaired) electrons. The van der Waals surface area contributed by atoms with Crippen LogP contribution in [0.25, 0.3) is 0 Å². The van der Waals surface area contributed by atoms with Crippen LogP contribution >= 0.6 is 0 Å². The highest BCUT2D eigenvalue weighted by atomic mass is 16.4. The number of aliphatic carboxylic acids is 1. The molecule has 0 aromatic carbocycles. The molecule has 2 aliphatic heterocycles. The van der Waals surface area contributed by atoms with Gasteiger partial charge in [-0.1, -0.05) is 13.8 Å². The molecule has 7 amide bonds. The summed E-state index contributed by atoms with van der Waals surface area (Å²) in [5, 5.41) is 38.9. The van der Waals surface area contributed by atoms with Gasteiger partial charge in [-0.25, -0.2) is 9.78 Å². The van der Waals surface area contributed by atoms with Crippen molar-refractivity contribution in [2.75, 3.05) is 26.3 Å². The lowest BCUT2D eigenvalue weighted by Gasteiger charge is -2.33. The van der Waals surface area contributed by atoms with Crippen molar-refractivity contribution in [1.29, 1.82) is 0 Å². The number of rotatable bonds is 20. The third kappa shape index (κ3) is 11.9. The molecular weight excluding hydrogens is 712 g/mol. The van der Waals surface area contributed by atoms with E-state index in [9.17, 15) is 53.7 Å². The number of primary amides is 1. The minimum absolute atomic E-state index is 0.0129. The van der Waals surface area contributed by atoms with Gasteiger partial charge in [0, 0.05) is 37.8 Å². The fourth-order valence-corrected chi connectivity index (χ4v) is 6.40. The molecule has 0 saturated carbocycles. The molecule has 0 bridgehead atoms. The van der Waals surface area contributed by atoms with Gasteiger partial charge in [-0.2, -0.15) is 0 Å². The van der Waals surface area contributed by atoms with Crippen LogP contribution in [0.3, 0.4) is 0 Å². The monoisotopic (exact) mass is 764 g/mol. The number of carboxylic acids is 1. The van der Waals surface area contributed by atoms with Crippen molar-refractivity contribution in [1.82, 2.24) is 41.0 Å². The molecular formula is C33H52N10O11. The summed E-state index contributed by atoms with van der Waals surface area (Å²) in [6.07, 6.45) is 4.01. The maximum Gasteiger partial charge on any atom is 0.326 e. The SMILES string of the molecule is CC(C)C[C@H](NC(=O)[C@@H]1CCCN1C(=O)[C@@H]1CCCN1C(=O)[C@H](Cc1cnc[nH]1)NC(=O)[C@H](CO)NC(=O)[C@H](CO)NC(=O)[C@@H](N)CCC(N)=O)C(=O)O. The molecule has 21 nitrogen and oxygen atoms in total. The van der Waals surface area contributed by atoms with E-state index in [-0.39, 0.29) is 51.1 Å². The highest BCUT2D eigenvalue weighted by Crippen LogP contribution is 2.26. The standard InChI is InChI=1S/C33H52N10O11/c1-17(2)11-21(33(53)54)39-30(50)24-5-3-9-42(24)32(52)25-6-4-10-43(25)31(51)20(12-18-13-36-16-37-18)38-28(48)23(15-45)41-29(49)22(14-44)40-27(47)19(34)7-8-26(35)46/h13,16-17,19-25,44-45H,3-12,14-15,34H2,1-2H3,(H2,35,46)(H,36,37)(H,38,48)(H,39,50)(H,40,47)(H,41,49)(H,53,54)/t19-,20-,21-,22-,23-,24-,25-/m0/s1. The summed E-state index contributed by atoms with van der Waals surface area (Å²) in [5.74, 6) is -6.60. The van der Waals surface area contributed by atoms with Crippen molar-refractivity contribution in [3.63, 3.8) is 0 Å². The zero-order valence-electron chi connectivity index (χ0n) is 30.4. The summed E-state index contributed by atoms with van der Waals surface area (Å²) in [6, 6.07) is -8.89. The van der Waals surface area contributed by atoms with E-state index in [2.05, 4.69) is 31.2 Å². The number of amides is 7. The smallest absolute Gasteiger partial charge is 0.326 e. The molecule has 0 spiro atoms. The fraction of sp³-hybridized carbons (Fsp3) is 0.667. The zero-order valence-corrected chi connectivity index (χ0v) is 30.4. The second-order valence-corrected chi connectivity index (χ2v) is 13.8. The number of hydrogen-bond acceptors (Lipinski definition) is 12. The number of hydrogen-bond donors (Lipinski definition) is 10. The number of aliphatic hydroxyl groups is 2. The van der Waals surface area contributed by atoms with Gasteiger partial charge in [0.1, 0.15) is 36.3 Å². The average molecular weight is 765 g/mol. The lowest BCUT2D eigenvalue weighted by Crippen LogP contribution is -2.61. The number of aromatic amines is 1. The summed E-state index contributed by atoms with van der Waals surface area (Å²) in [5.41, 5.74) is 11.2. The van der Waals surface area contributed by atoms with Crippen LogP contribution in [0.15, 0.2) is 12.5 Å². The average Bonchev–Trinajstić information content (AvgIpc) is 3.93. The van der Waals surface area contributed by atoms with Crippen molar-refractivity contribution in [3.05, 3.63) is 18.2 Å². The summed E-state index contributed by atoms with van der Waals surface area (Å²) in [7, 11) is 0. The number of carboxylic acid groups (broad SMARTS) is 1. The second kappa shape index (κ2) is 20.3. The molecule has 3 heterocycles. The number of aliphatic hydroxyl groups excluding tert-OH is 2. The van der Waals surface area contributed by atoms with Crippen molar-refractivity contribution in [3.8, 4) is 0 Å². The number of nitrogens with one attached hydrogen (secondary N) is 5. The first-order valence-electron chi connectivity index (χ1n) is 17.9. The van der Waals surface area contributed by atoms with Gasteiger partial charge in [0.05, 0.1) is 25.6 Å². The van der Waals surface area contributed by atoms with Gasteiger partial charge in [-0.15, -0.1) is 0 Å². The second-order valence-electron chi connectivity index (χ2n) is 13.8. The normalized spacial score (nSPS) is 19.7. The van der Waals surface area contributed by atoms with Gasteiger partial charge in [0.15, 0.2) is 0 Å². The number of imidazole rings is 1. The minimum atomic E-state index is -1.66. The molecule has 3 rings (SSSR count). The number of aromatic nitrogens is 2. The topological polar surface area (TPSA) is 333 Å². The molecule has 21 heteroatoms. The van der Waals surface area contributed by atoms with Crippen LogP contribution in [-0.2, 0) is 44.8 Å². The summed E-state index contributed by atoms with van der Waals surface area (Å²) >= 11 is 0. The highest BCUT2D eigenvalue weighted by molar-refractivity contribution is 5.97. The van der Waals surface area contributed by atoms with Crippen LogP contribution in [0.4, 0.5) is 0 Å². The van der Waals surface area contributed by atoms with Crippen molar-refractivity contribution < 1.29 is 53.7 Å². The van der Waals surface area contributed by atoms with E-state index < -0.39 is 103 Å². The Labute approximate surface area is 311 Å². The Bertz CT molecular complexity index is 1510. The van der Waals surface area contributed by atoms with Crippen molar-refractivity contribution >= 4 is 47.3 Å². The van der Waals surface area contributed by atoms with Crippen LogP contribution in [0.5, 0.6) is 0 Å². The molecule has 0 aliphatic carbocycles. The molecule has 0 unspecified atom stereocenters. The summed E-state index contributed by atoms with van der Waals surface area (Å²) in [6.45, 7) is 2.15. The van der Waals surface area contributed by atoms with E-state index in [0.717, 1.165) is 0 Å². The Hall–Kier alpha value is -5.15. The molecule has 7 atom stereocenters. The Morgan fingerprint density at radius 3 is 1.96 bits per heavy atom. The van der Waals surface area contributed by atoms with Gasteiger partial charge in [-0.05, 0) is 44.4 Å². The minimum Gasteiger partial charge on any atom is -0.480 e. The lowest BCUT2D eigenvalue weighted by atomic mass is 10.0. The Morgan fingerprint density at radius 2 is 1.43 bits per heavy atom. The molecule has 2 fully saturated rings. The van der Waals surface area contributed by atoms with Crippen LogP contribution in [0.1, 0.15) is 64.5 Å². The lowest BCUT2D eigenvalue weighted by molar-refractivity contribution is -0.149. The van der Waals surface area contributed by atoms with Crippen LogP contribution in [0.2, 0.25) is 0 Å². The van der Waals surface area contributed by atoms with Gasteiger partial charge >= 0.3 is 5.97 Å². The Balaban J connectivity index is 1.74. The van der Waals surface area contributed by atoms with Gasteiger partial charge in [-0.3, -0.25) is 33.6 Å². The predicted molar refractivity (Wildman–Crippen MR) is 187 cm³/mol. The predicted octanol–water partition coefficient (Wildman–Crippen LogP) is -4.42. The van der Waals surface area contributed by atoms with E-state index in [1.807, 2.05) is 13.8 Å². The quantitative estimate of drug-likeness (QED) is 0.0600. The first-order valence-corrected chi connectivity index (χ1v) is 17.9. The van der Waals surface area contributed by atoms with Crippen LogP contribution in [-0.4, -0.2) is 151 Å². The van der Waals surface area contributed by atoms with E-state index in [1.54, 1.807) is 0 Å². The largest absolute Gasteiger partial charge is 0.480 e. The number of likely N-dealkylation sites (tertiary alicyclic amines) is 2. The molecule has 1 aromatic rings. The van der Waals surface area contributed by atoms with E-state index in [0.29, 0.717) is 25.0 Å². The third-order valence-electron chi connectivity index (χ3n) is 9.24. The number of nitrogens with two attached hydrogens (primary N) is 2. The van der Waals surface area contributed by atoms with E-state index >= 15 is 0 Å². The summed E-state index contributed by atoms with van der Waals surface area (Å²) in [4.78, 5) is 112. The highest BCUT2D eigenvalue weighted by Gasteiger charge is 2.44. The maximum absolute atomic E-state index is 14.1. The first kappa shape index (κ1) is 43.3. The van der Waals surface area contributed by atoms with Crippen LogP contribution < -0.4 is 32.7 Å². The maximum atomic E-state index is 14.1. The molecule has 2 saturated heterocycles. The Kier molecular flexibility index (Phi) is 16.3. The summed E-state index contributed by atoms with van der Waals surface area (Å²) < 4.78 is 0. The number of carbonyl (C=O) groups is 8. The van der Waals surface area contributed by atoms with Crippen LogP contribution in [0, 0.1) is 5.92 Å². The van der Waals surface area contributed by atoms with Crippen molar-refractivity contribution in [2.24, 2.45) is 17.4 Å². The fourth-order valence-electron chi connectivity index (χ4n) is 6.40. The third-order valence-corrected chi connectivity index (χ3v) is 9.24.